The summed E-state index contributed by atoms with van der Waals surface area (Å²) in [6.45, 7) is 5.30. The third-order valence-corrected chi connectivity index (χ3v) is 7.90. The normalized spacial score (nSPS) is 17.2. The summed E-state index contributed by atoms with van der Waals surface area (Å²) in [5.41, 5.74) is 2.80. The van der Waals surface area contributed by atoms with Crippen molar-refractivity contribution in [1.29, 1.82) is 0 Å². The first-order valence-corrected chi connectivity index (χ1v) is 12.9. The van der Waals surface area contributed by atoms with Gasteiger partial charge in [-0.05, 0) is 67.6 Å². The predicted octanol–water partition coefficient (Wildman–Crippen LogP) is 4.35. The van der Waals surface area contributed by atoms with Crippen LogP contribution in [0, 0.1) is 19.8 Å². The van der Waals surface area contributed by atoms with Crippen LogP contribution in [0.2, 0.25) is 10.0 Å². The number of carbonyl (C=O) groups excluding carboxylic acids is 1. The number of benzene rings is 2. The van der Waals surface area contributed by atoms with E-state index in [1.54, 1.807) is 18.2 Å². The Morgan fingerprint density at radius 3 is 2.53 bits per heavy atom. The summed E-state index contributed by atoms with van der Waals surface area (Å²) in [5.74, 6) is 0.0631. The van der Waals surface area contributed by atoms with E-state index in [0.29, 0.717) is 48.1 Å². The van der Waals surface area contributed by atoms with Gasteiger partial charge in [0.05, 0.1) is 28.3 Å². The first-order valence-electron chi connectivity index (χ1n) is 10.5. The van der Waals surface area contributed by atoms with Crippen LogP contribution in [0.1, 0.15) is 29.5 Å². The van der Waals surface area contributed by atoms with Gasteiger partial charge in [-0.25, -0.2) is 12.7 Å². The minimum absolute atomic E-state index is 0.150. The standard InChI is InChI=1S/C23H28Cl2N2O4S/c1-16-10-17(2)12-20(11-16)31-9-7-26-23(28)19-4-3-8-27(14-19)32(29,30)15-18-5-6-21(24)22(25)13-18/h5-6,10-13,19H,3-4,7-9,14-15H2,1-2H3,(H,26,28)/t19-/m0/s1. The number of nitrogens with one attached hydrogen (secondary N) is 1. The molecule has 32 heavy (non-hydrogen) atoms. The van der Waals surface area contributed by atoms with Crippen molar-refractivity contribution in [2.75, 3.05) is 26.2 Å². The average molecular weight is 499 g/mol. The molecule has 0 spiro atoms. The van der Waals surface area contributed by atoms with Gasteiger partial charge in [0.25, 0.3) is 0 Å². The fraction of sp³-hybridized carbons (Fsp3) is 0.435. The highest BCUT2D eigenvalue weighted by Crippen LogP contribution is 2.26. The molecule has 0 aromatic heterocycles. The number of amides is 1. The maximum atomic E-state index is 12.9. The van der Waals surface area contributed by atoms with Crippen LogP contribution in [0.25, 0.3) is 0 Å². The Labute approximate surface area is 199 Å². The molecule has 1 fully saturated rings. The lowest BCUT2D eigenvalue weighted by atomic mass is 9.99. The number of nitrogens with zero attached hydrogens (tertiary/aromatic N) is 1. The van der Waals surface area contributed by atoms with Crippen molar-refractivity contribution < 1.29 is 17.9 Å². The molecule has 0 saturated carbocycles. The van der Waals surface area contributed by atoms with E-state index in [1.807, 2.05) is 26.0 Å². The van der Waals surface area contributed by atoms with Crippen molar-refractivity contribution in [3.63, 3.8) is 0 Å². The second-order valence-corrected chi connectivity index (χ2v) is 10.9. The molecule has 6 nitrogen and oxygen atoms in total. The number of ether oxygens (including phenoxy) is 1. The van der Waals surface area contributed by atoms with Crippen molar-refractivity contribution in [3.05, 3.63) is 63.1 Å². The van der Waals surface area contributed by atoms with Crippen LogP contribution in [0.15, 0.2) is 36.4 Å². The van der Waals surface area contributed by atoms with Crippen molar-refractivity contribution in [1.82, 2.24) is 9.62 Å². The molecule has 2 aromatic carbocycles. The van der Waals surface area contributed by atoms with Gasteiger partial charge in [-0.2, -0.15) is 0 Å². The Bertz CT molecular complexity index is 1060. The van der Waals surface area contributed by atoms with Crippen molar-refractivity contribution in [2.24, 2.45) is 5.92 Å². The second kappa shape index (κ2) is 10.9. The molecule has 0 unspecified atom stereocenters. The topological polar surface area (TPSA) is 75.7 Å². The number of aryl methyl sites for hydroxylation is 2. The van der Waals surface area contributed by atoms with E-state index in [-0.39, 0.29) is 24.1 Å². The van der Waals surface area contributed by atoms with E-state index in [0.717, 1.165) is 16.9 Å². The Balaban J connectivity index is 1.50. The summed E-state index contributed by atoms with van der Waals surface area (Å²) in [4.78, 5) is 12.6. The molecular weight excluding hydrogens is 471 g/mol. The monoisotopic (exact) mass is 498 g/mol. The molecule has 1 aliphatic heterocycles. The van der Waals surface area contributed by atoms with Crippen LogP contribution in [0.4, 0.5) is 0 Å². The van der Waals surface area contributed by atoms with E-state index < -0.39 is 10.0 Å². The summed E-state index contributed by atoms with van der Waals surface area (Å²) < 4.78 is 32.9. The molecule has 1 heterocycles. The van der Waals surface area contributed by atoms with E-state index in [9.17, 15) is 13.2 Å². The van der Waals surface area contributed by atoms with Crippen molar-refractivity contribution >= 4 is 39.1 Å². The zero-order valence-electron chi connectivity index (χ0n) is 18.2. The Hall–Kier alpha value is -1.80. The zero-order valence-corrected chi connectivity index (χ0v) is 20.6. The Morgan fingerprint density at radius 1 is 1.12 bits per heavy atom. The van der Waals surface area contributed by atoms with E-state index in [1.165, 1.54) is 4.31 Å². The molecule has 0 radical (unpaired) electrons. The largest absolute Gasteiger partial charge is 0.492 e. The lowest BCUT2D eigenvalue weighted by Gasteiger charge is -2.31. The van der Waals surface area contributed by atoms with Gasteiger partial charge in [0, 0.05) is 13.1 Å². The predicted molar refractivity (Wildman–Crippen MR) is 128 cm³/mol. The second-order valence-electron chi connectivity index (χ2n) is 8.16. The van der Waals surface area contributed by atoms with Crippen LogP contribution < -0.4 is 10.1 Å². The number of halogens is 2. The van der Waals surface area contributed by atoms with Gasteiger partial charge in [-0.3, -0.25) is 4.79 Å². The molecule has 0 aliphatic carbocycles. The fourth-order valence-electron chi connectivity index (χ4n) is 3.84. The molecule has 1 atom stereocenters. The van der Waals surface area contributed by atoms with Crippen LogP contribution >= 0.6 is 23.2 Å². The summed E-state index contributed by atoms with van der Waals surface area (Å²) in [6, 6.07) is 10.8. The van der Waals surface area contributed by atoms with Gasteiger partial charge >= 0.3 is 0 Å². The fourth-order valence-corrected chi connectivity index (χ4v) is 5.76. The third kappa shape index (κ3) is 6.85. The highest BCUT2D eigenvalue weighted by molar-refractivity contribution is 7.88. The van der Waals surface area contributed by atoms with E-state index >= 15 is 0 Å². The first-order chi connectivity index (χ1) is 15.1. The molecule has 1 N–H and O–H groups in total. The van der Waals surface area contributed by atoms with Gasteiger partial charge in [-0.1, -0.05) is 35.3 Å². The molecule has 2 aromatic rings. The Morgan fingerprint density at radius 2 is 1.84 bits per heavy atom. The summed E-state index contributed by atoms with van der Waals surface area (Å²) in [7, 11) is -3.57. The SMILES string of the molecule is Cc1cc(C)cc(OCCNC(=O)[C@H]2CCCN(S(=O)(=O)Cc3ccc(Cl)c(Cl)c3)C2)c1. The molecule has 1 saturated heterocycles. The number of hydrogen-bond acceptors (Lipinski definition) is 4. The van der Waals surface area contributed by atoms with E-state index in [2.05, 4.69) is 11.4 Å². The molecule has 1 amide bonds. The van der Waals surface area contributed by atoms with Gasteiger partial charge < -0.3 is 10.1 Å². The van der Waals surface area contributed by atoms with Crippen molar-refractivity contribution in [2.45, 2.75) is 32.4 Å². The number of hydrogen-bond donors (Lipinski definition) is 1. The summed E-state index contributed by atoms with van der Waals surface area (Å²) in [6.07, 6.45) is 1.29. The summed E-state index contributed by atoms with van der Waals surface area (Å²) >= 11 is 11.9. The molecular formula is C23H28Cl2N2O4S. The number of carbonyl (C=O) groups is 1. The summed E-state index contributed by atoms with van der Waals surface area (Å²) in [5, 5.41) is 3.57. The molecule has 1 aliphatic rings. The number of rotatable bonds is 8. The quantitative estimate of drug-likeness (QED) is 0.549. The highest BCUT2D eigenvalue weighted by Gasteiger charge is 2.32. The minimum atomic E-state index is -3.57. The van der Waals surface area contributed by atoms with Gasteiger partial charge in [-0.15, -0.1) is 0 Å². The highest BCUT2D eigenvalue weighted by atomic mass is 35.5. The minimum Gasteiger partial charge on any atom is -0.492 e. The number of piperidine rings is 1. The lowest BCUT2D eigenvalue weighted by Crippen LogP contribution is -2.46. The van der Waals surface area contributed by atoms with E-state index in [4.69, 9.17) is 27.9 Å². The van der Waals surface area contributed by atoms with Crippen LogP contribution in [0.5, 0.6) is 5.75 Å². The van der Waals surface area contributed by atoms with Gasteiger partial charge in [0.1, 0.15) is 12.4 Å². The van der Waals surface area contributed by atoms with Crippen LogP contribution in [-0.2, 0) is 20.6 Å². The zero-order chi connectivity index (χ0) is 23.3. The first kappa shape index (κ1) is 24.8. The molecule has 3 rings (SSSR count). The Kier molecular flexibility index (Phi) is 8.44. The molecule has 174 valence electrons. The van der Waals surface area contributed by atoms with Crippen LogP contribution in [0.3, 0.4) is 0 Å². The van der Waals surface area contributed by atoms with Crippen molar-refractivity contribution in [3.8, 4) is 5.75 Å². The smallest absolute Gasteiger partial charge is 0.224 e. The molecule has 0 bridgehead atoms. The molecule has 9 heteroatoms. The number of sulfonamides is 1. The van der Waals surface area contributed by atoms with Gasteiger partial charge in [0.15, 0.2) is 0 Å². The lowest BCUT2D eigenvalue weighted by molar-refractivity contribution is -0.126. The van der Waals surface area contributed by atoms with Gasteiger partial charge in [0.2, 0.25) is 15.9 Å². The average Bonchev–Trinajstić information content (AvgIpc) is 2.73. The maximum Gasteiger partial charge on any atom is 0.224 e. The van der Waals surface area contributed by atoms with Crippen LogP contribution in [-0.4, -0.2) is 44.9 Å². The maximum absolute atomic E-state index is 12.9. The third-order valence-electron chi connectivity index (χ3n) is 5.35.